The van der Waals surface area contributed by atoms with Crippen LogP contribution in [0.3, 0.4) is 0 Å². The molecule has 1 aromatic heterocycles. The van der Waals surface area contributed by atoms with Crippen molar-refractivity contribution in [2.45, 2.75) is 51.5 Å². The number of piperidine rings is 1. The molecule has 4 heteroatoms. The van der Waals surface area contributed by atoms with Crippen LogP contribution >= 0.6 is 11.3 Å². The largest absolute Gasteiger partial charge is 0.375 e. The molecule has 17 heavy (non-hydrogen) atoms. The van der Waals surface area contributed by atoms with Gasteiger partial charge in [0.05, 0.1) is 5.69 Å². The van der Waals surface area contributed by atoms with E-state index in [1.165, 1.54) is 38.6 Å². The minimum absolute atomic E-state index is 0.698. The van der Waals surface area contributed by atoms with Crippen molar-refractivity contribution < 1.29 is 0 Å². The Balaban J connectivity index is 1.83. The Kier molecular flexibility index (Phi) is 4.80. The molecule has 2 N–H and O–H groups in total. The molecular formula is C13H23N3S. The van der Waals surface area contributed by atoms with E-state index in [0.717, 1.165) is 24.7 Å². The third-order valence-electron chi connectivity index (χ3n) is 3.60. The normalized spacial score (nSPS) is 21.8. The van der Waals surface area contributed by atoms with E-state index < -0.39 is 0 Å². The van der Waals surface area contributed by atoms with Crippen LogP contribution in [0.25, 0.3) is 0 Å². The maximum Gasteiger partial charge on any atom is 0.180 e. The van der Waals surface area contributed by atoms with E-state index in [-0.39, 0.29) is 0 Å². The minimum Gasteiger partial charge on any atom is -0.375 e. The number of nitrogens with two attached hydrogens (primary N) is 1. The first kappa shape index (κ1) is 12.8. The first-order chi connectivity index (χ1) is 8.29. The maximum absolute atomic E-state index is 5.66. The van der Waals surface area contributed by atoms with Crippen molar-refractivity contribution >= 4 is 16.5 Å². The molecule has 1 aliphatic heterocycles. The fourth-order valence-electron chi connectivity index (χ4n) is 2.71. The molecule has 1 aromatic rings. The molecule has 0 saturated carbocycles. The topological polar surface area (TPSA) is 42.1 Å². The van der Waals surface area contributed by atoms with Gasteiger partial charge in [0.25, 0.3) is 0 Å². The second-order valence-electron chi connectivity index (χ2n) is 4.90. The monoisotopic (exact) mass is 253 g/mol. The van der Waals surface area contributed by atoms with Gasteiger partial charge in [-0.25, -0.2) is 4.98 Å². The van der Waals surface area contributed by atoms with Gasteiger partial charge in [-0.05, 0) is 25.8 Å². The van der Waals surface area contributed by atoms with E-state index in [4.69, 9.17) is 5.73 Å². The highest BCUT2D eigenvalue weighted by molar-refractivity contribution is 7.13. The van der Waals surface area contributed by atoms with Crippen LogP contribution in [0.2, 0.25) is 0 Å². The Morgan fingerprint density at radius 2 is 2.41 bits per heavy atom. The molecule has 1 atom stereocenters. The number of thiazole rings is 1. The summed E-state index contributed by atoms with van der Waals surface area (Å²) in [5, 5.41) is 2.79. The van der Waals surface area contributed by atoms with Crippen LogP contribution < -0.4 is 5.73 Å². The zero-order valence-electron chi connectivity index (χ0n) is 10.7. The lowest BCUT2D eigenvalue weighted by molar-refractivity contribution is 0.141. The Labute approximate surface area is 108 Å². The number of nitrogens with zero attached hydrogens (tertiary/aromatic N) is 2. The van der Waals surface area contributed by atoms with Crippen LogP contribution in [0.4, 0.5) is 5.13 Å². The Hall–Kier alpha value is -0.610. The third-order valence-corrected chi connectivity index (χ3v) is 4.32. The van der Waals surface area contributed by atoms with Gasteiger partial charge < -0.3 is 10.6 Å². The van der Waals surface area contributed by atoms with Crippen LogP contribution in [0, 0.1) is 0 Å². The number of anilines is 1. The highest BCUT2D eigenvalue weighted by Gasteiger charge is 2.21. The standard InChI is InChI=1S/C13H23N3S/c1-2-5-12-6-3-4-8-16(12)9-7-11-10-17-13(14)15-11/h10,12H,2-9H2,1H3,(H2,14,15). The number of nitrogen functional groups attached to an aromatic ring is 1. The van der Waals surface area contributed by atoms with Crippen molar-refractivity contribution in [3.05, 3.63) is 11.1 Å². The fraction of sp³-hybridized carbons (Fsp3) is 0.769. The average molecular weight is 253 g/mol. The van der Waals surface area contributed by atoms with Crippen molar-refractivity contribution in [1.82, 2.24) is 9.88 Å². The van der Waals surface area contributed by atoms with Crippen LogP contribution in [0.1, 0.15) is 44.7 Å². The predicted molar refractivity (Wildman–Crippen MR) is 74.4 cm³/mol. The Morgan fingerprint density at radius 1 is 1.53 bits per heavy atom. The van der Waals surface area contributed by atoms with Gasteiger partial charge in [0.1, 0.15) is 0 Å². The summed E-state index contributed by atoms with van der Waals surface area (Å²) < 4.78 is 0. The van der Waals surface area contributed by atoms with Crippen molar-refractivity contribution in [1.29, 1.82) is 0 Å². The molecular weight excluding hydrogens is 230 g/mol. The van der Waals surface area contributed by atoms with E-state index in [9.17, 15) is 0 Å². The highest BCUT2D eigenvalue weighted by Crippen LogP contribution is 2.21. The van der Waals surface area contributed by atoms with E-state index >= 15 is 0 Å². The Bertz CT molecular complexity index is 335. The summed E-state index contributed by atoms with van der Waals surface area (Å²) in [7, 11) is 0. The summed E-state index contributed by atoms with van der Waals surface area (Å²) in [5.74, 6) is 0. The van der Waals surface area contributed by atoms with Crippen molar-refractivity contribution in [3.63, 3.8) is 0 Å². The molecule has 0 spiro atoms. The highest BCUT2D eigenvalue weighted by atomic mass is 32.1. The average Bonchev–Trinajstić information content (AvgIpc) is 2.74. The van der Waals surface area contributed by atoms with Gasteiger partial charge >= 0.3 is 0 Å². The van der Waals surface area contributed by atoms with E-state index in [1.54, 1.807) is 11.3 Å². The molecule has 1 fully saturated rings. The van der Waals surface area contributed by atoms with E-state index in [2.05, 4.69) is 22.2 Å². The molecule has 1 saturated heterocycles. The van der Waals surface area contributed by atoms with Crippen LogP contribution in [0.5, 0.6) is 0 Å². The molecule has 2 rings (SSSR count). The van der Waals surface area contributed by atoms with Gasteiger partial charge in [-0.15, -0.1) is 11.3 Å². The molecule has 0 aliphatic carbocycles. The SMILES string of the molecule is CCCC1CCCCN1CCc1csc(N)n1. The van der Waals surface area contributed by atoms with Crippen molar-refractivity contribution in [2.75, 3.05) is 18.8 Å². The van der Waals surface area contributed by atoms with Gasteiger partial charge in [0, 0.05) is 24.4 Å². The number of likely N-dealkylation sites (tertiary alicyclic amines) is 1. The van der Waals surface area contributed by atoms with Gasteiger partial charge in [-0.3, -0.25) is 0 Å². The van der Waals surface area contributed by atoms with Gasteiger partial charge in [-0.2, -0.15) is 0 Å². The van der Waals surface area contributed by atoms with Crippen molar-refractivity contribution in [2.24, 2.45) is 0 Å². The van der Waals surface area contributed by atoms with Gasteiger partial charge in [0.15, 0.2) is 5.13 Å². The lowest BCUT2D eigenvalue weighted by Crippen LogP contribution is -2.40. The number of hydrogen-bond donors (Lipinski definition) is 1. The molecule has 0 aromatic carbocycles. The summed E-state index contributed by atoms with van der Waals surface area (Å²) in [6.45, 7) is 4.70. The molecule has 2 heterocycles. The Morgan fingerprint density at radius 3 is 3.12 bits per heavy atom. The van der Waals surface area contributed by atoms with Crippen LogP contribution in [0.15, 0.2) is 5.38 Å². The third kappa shape index (κ3) is 3.68. The predicted octanol–water partition coefficient (Wildman–Crippen LogP) is 2.92. The second kappa shape index (κ2) is 6.36. The summed E-state index contributed by atoms with van der Waals surface area (Å²) in [4.78, 5) is 6.99. The summed E-state index contributed by atoms with van der Waals surface area (Å²) >= 11 is 1.55. The molecule has 1 unspecified atom stereocenters. The fourth-order valence-corrected chi connectivity index (χ4v) is 3.31. The maximum atomic E-state index is 5.66. The first-order valence-corrected chi connectivity index (χ1v) is 7.61. The number of hydrogen-bond acceptors (Lipinski definition) is 4. The van der Waals surface area contributed by atoms with E-state index in [0.29, 0.717) is 5.13 Å². The van der Waals surface area contributed by atoms with Crippen molar-refractivity contribution in [3.8, 4) is 0 Å². The van der Waals surface area contributed by atoms with Crippen LogP contribution in [-0.4, -0.2) is 29.0 Å². The first-order valence-electron chi connectivity index (χ1n) is 6.73. The molecule has 96 valence electrons. The van der Waals surface area contributed by atoms with E-state index in [1.807, 2.05) is 0 Å². The van der Waals surface area contributed by atoms with Crippen LogP contribution in [-0.2, 0) is 6.42 Å². The number of rotatable bonds is 5. The summed E-state index contributed by atoms with van der Waals surface area (Å²) in [6.07, 6.45) is 7.84. The molecule has 0 amide bonds. The lowest BCUT2D eigenvalue weighted by Gasteiger charge is -2.35. The lowest BCUT2D eigenvalue weighted by atomic mass is 9.98. The van der Waals surface area contributed by atoms with Gasteiger partial charge in [-0.1, -0.05) is 19.8 Å². The van der Waals surface area contributed by atoms with Gasteiger partial charge in [0.2, 0.25) is 0 Å². The number of aromatic nitrogens is 1. The zero-order chi connectivity index (χ0) is 12.1. The molecule has 0 bridgehead atoms. The molecule has 0 radical (unpaired) electrons. The summed E-state index contributed by atoms with van der Waals surface area (Å²) in [5.41, 5.74) is 6.82. The molecule has 1 aliphatic rings. The zero-order valence-corrected chi connectivity index (χ0v) is 11.5. The quantitative estimate of drug-likeness (QED) is 0.877. The molecule has 3 nitrogen and oxygen atoms in total. The smallest absolute Gasteiger partial charge is 0.180 e. The second-order valence-corrected chi connectivity index (χ2v) is 5.79. The summed E-state index contributed by atoms with van der Waals surface area (Å²) in [6, 6.07) is 0.810. The minimum atomic E-state index is 0.698.